The molecular formula is C21H30N4O4. The van der Waals surface area contributed by atoms with Crippen molar-refractivity contribution in [1.82, 2.24) is 5.32 Å². The van der Waals surface area contributed by atoms with Crippen LogP contribution in [0.2, 0.25) is 0 Å². The number of ether oxygens (including phenoxy) is 2. The summed E-state index contributed by atoms with van der Waals surface area (Å²) in [5.41, 5.74) is 5.62. The van der Waals surface area contributed by atoms with E-state index in [0.717, 1.165) is 5.56 Å². The number of benzene rings is 1. The van der Waals surface area contributed by atoms with Crippen molar-refractivity contribution in [2.24, 2.45) is 10.7 Å². The highest BCUT2D eigenvalue weighted by molar-refractivity contribution is 5.92. The minimum Gasteiger partial charge on any atom is -0.486 e. The lowest BCUT2D eigenvalue weighted by Gasteiger charge is -2.25. The number of hydrogen-bond donors (Lipinski definition) is 2. The van der Waals surface area contributed by atoms with Crippen molar-refractivity contribution in [3.63, 3.8) is 0 Å². The molecule has 29 heavy (non-hydrogen) atoms. The number of methoxy groups -OCH3 is 1. The van der Waals surface area contributed by atoms with Crippen LogP contribution in [0.3, 0.4) is 0 Å². The van der Waals surface area contributed by atoms with Crippen LogP contribution in [0.15, 0.2) is 29.3 Å². The largest absolute Gasteiger partial charge is 0.486 e. The molecule has 1 aromatic rings. The Labute approximate surface area is 172 Å². The minimum absolute atomic E-state index is 0.0610. The van der Waals surface area contributed by atoms with E-state index in [9.17, 15) is 9.59 Å². The summed E-state index contributed by atoms with van der Waals surface area (Å²) in [6.45, 7) is 5.41. The molecular weight excluding hydrogens is 372 g/mol. The summed E-state index contributed by atoms with van der Waals surface area (Å²) >= 11 is 0. The maximum Gasteiger partial charge on any atom is 0.252 e. The Morgan fingerprint density at radius 1 is 1.31 bits per heavy atom. The van der Waals surface area contributed by atoms with E-state index in [1.807, 2.05) is 25.1 Å². The maximum absolute atomic E-state index is 12.7. The van der Waals surface area contributed by atoms with Crippen LogP contribution in [-0.2, 0) is 14.3 Å². The lowest BCUT2D eigenvalue weighted by Crippen LogP contribution is -2.51. The predicted octanol–water partition coefficient (Wildman–Crippen LogP) is 1.90. The highest BCUT2D eigenvalue weighted by atomic mass is 16.5. The summed E-state index contributed by atoms with van der Waals surface area (Å²) in [5.74, 6) is 0.198. The van der Waals surface area contributed by atoms with Gasteiger partial charge in [-0.3, -0.25) is 14.6 Å². The van der Waals surface area contributed by atoms with E-state index >= 15 is 0 Å². The molecule has 1 atom stereocenters. The van der Waals surface area contributed by atoms with Crippen LogP contribution in [0.4, 0.5) is 0 Å². The first-order chi connectivity index (χ1) is 13.7. The molecule has 0 aliphatic carbocycles. The van der Waals surface area contributed by atoms with Gasteiger partial charge in [-0.2, -0.15) is 5.26 Å². The highest BCUT2D eigenvalue weighted by Gasteiger charge is 2.31. The van der Waals surface area contributed by atoms with Crippen molar-refractivity contribution >= 4 is 17.5 Å². The number of nitrogens with two attached hydrogens (primary N) is 1. The van der Waals surface area contributed by atoms with Crippen LogP contribution >= 0.6 is 0 Å². The Morgan fingerprint density at radius 2 is 1.97 bits per heavy atom. The number of amides is 1. The van der Waals surface area contributed by atoms with Crippen LogP contribution < -0.4 is 15.8 Å². The highest BCUT2D eigenvalue weighted by Crippen LogP contribution is 2.13. The van der Waals surface area contributed by atoms with E-state index in [1.165, 1.54) is 7.11 Å². The molecule has 0 fully saturated rings. The standard InChI is InChI=1S/C21H30N4O4/c1-15-7-9-16(10-8-15)29-14-18(26)17(25-20(27)21(2,3)28-4)6-5-13-24-19(23)11-12-22/h7-10,17H,5-6,11,13-14H2,1-4H3,(H2,23,24)(H,25,27)/t17-/m0/s1. The first-order valence-electron chi connectivity index (χ1n) is 9.43. The number of carbonyl (C=O) groups is 2. The fourth-order valence-electron chi connectivity index (χ4n) is 2.28. The Balaban J connectivity index is 2.73. The quantitative estimate of drug-likeness (QED) is 0.312. The van der Waals surface area contributed by atoms with Crippen molar-refractivity contribution in [2.45, 2.75) is 51.7 Å². The van der Waals surface area contributed by atoms with Crippen LogP contribution in [0.5, 0.6) is 5.75 Å². The molecule has 1 amide bonds. The van der Waals surface area contributed by atoms with Crippen LogP contribution in [0, 0.1) is 18.3 Å². The lowest BCUT2D eigenvalue weighted by molar-refractivity contribution is -0.142. The van der Waals surface area contributed by atoms with Gasteiger partial charge in [-0.25, -0.2) is 0 Å². The summed E-state index contributed by atoms with van der Waals surface area (Å²) in [5, 5.41) is 11.3. The average Bonchev–Trinajstić information content (AvgIpc) is 2.69. The van der Waals surface area contributed by atoms with Crippen molar-refractivity contribution in [3.05, 3.63) is 29.8 Å². The number of nitrogens with one attached hydrogen (secondary N) is 1. The van der Waals surface area contributed by atoms with Gasteiger partial charge < -0.3 is 20.5 Å². The van der Waals surface area contributed by atoms with Gasteiger partial charge in [0.15, 0.2) is 5.78 Å². The van der Waals surface area contributed by atoms with Gasteiger partial charge in [-0.05, 0) is 45.7 Å². The van der Waals surface area contributed by atoms with Crippen LogP contribution in [0.25, 0.3) is 0 Å². The molecule has 0 saturated carbocycles. The number of nitriles is 1. The molecule has 0 aliphatic heterocycles. The predicted molar refractivity (Wildman–Crippen MR) is 111 cm³/mol. The summed E-state index contributed by atoms with van der Waals surface area (Å²) in [7, 11) is 1.43. The zero-order valence-corrected chi connectivity index (χ0v) is 17.5. The Bertz CT molecular complexity index is 751. The molecule has 158 valence electrons. The third-order valence-corrected chi connectivity index (χ3v) is 4.38. The average molecular weight is 402 g/mol. The van der Waals surface area contributed by atoms with Gasteiger partial charge in [0, 0.05) is 13.7 Å². The normalized spacial score (nSPS) is 12.7. The first-order valence-corrected chi connectivity index (χ1v) is 9.43. The van der Waals surface area contributed by atoms with E-state index in [2.05, 4.69) is 10.3 Å². The third-order valence-electron chi connectivity index (χ3n) is 4.38. The van der Waals surface area contributed by atoms with Crippen molar-refractivity contribution in [3.8, 4) is 11.8 Å². The van der Waals surface area contributed by atoms with Gasteiger partial charge in [0.25, 0.3) is 5.91 Å². The van der Waals surface area contributed by atoms with E-state index in [4.69, 9.17) is 20.5 Å². The number of aryl methyl sites for hydroxylation is 1. The zero-order chi connectivity index (χ0) is 21.9. The SMILES string of the molecule is COC(C)(C)C(=O)N[C@@H](CCCN=C(N)CC#N)C(=O)COc1ccc(C)cc1. The third kappa shape index (κ3) is 8.75. The molecule has 0 aromatic heterocycles. The molecule has 0 unspecified atom stereocenters. The number of ketones is 1. The first kappa shape index (κ1) is 24.1. The second kappa shape index (κ2) is 11.8. The van der Waals surface area contributed by atoms with E-state index in [0.29, 0.717) is 25.1 Å². The number of Topliss-reactive ketones (excluding diaryl/α,β-unsaturated/α-hetero) is 1. The number of nitrogens with zero attached hydrogens (tertiary/aromatic N) is 2. The molecule has 1 rings (SSSR count). The molecule has 0 heterocycles. The molecule has 1 aromatic carbocycles. The number of carbonyl (C=O) groups excluding carboxylic acids is 2. The summed E-state index contributed by atoms with van der Waals surface area (Å²) in [4.78, 5) is 29.2. The molecule has 0 spiro atoms. The van der Waals surface area contributed by atoms with Gasteiger partial charge >= 0.3 is 0 Å². The summed E-state index contributed by atoms with van der Waals surface area (Å²) in [6, 6.07) is 8.54. The van der Waals surface area contributed by atoms with E-state index in [1.54, 1.807) is 26.0 Å². The van der Waals surface area contributed by atoms with Gasteiger partial charge in [0.05, 0.1) is 18.5 Å². The topological polar surface area (TPSA) is 127 Å². The second-order valence-corrected chi connectivity index (χ2v) is 7.16. The van der Waals surface area contributed by atoms with Gasteiger partial charge in [-0.15, -0.1) is 0 Å². The van der Waals surface area contributed by atoms with Crippen LogP contribution in [0.1, 0.15) is 38.7 Å². The molecule has 8 nitrogen and oxygen atoms in total. The number of hydrogen-bond acceptors (Lipinski definition) is 6. The van der Waals surface area contributed by atoms with E-state index in [-0.39, 0.29) is 30.6 Å². The summed E-state index contributed by atoms with van der Waals surface area (Å²) < 4.78 is 10.7. The van der Waals surface area contributed by atoms with Crippen molar-refractivity contribution < 1.29 is 19.1 Å². The summed E-state index contributed by atoms with van der Waals surface area (Å²) in [6.07, 6.45) is 0.942. The second-order valence-electron chi connectivity index (χ2n) is 7.16. The molecule has 3 N–H and O–H groups in total. The number of rotatable bonds is 12. The zero-order valence-electron chi connectivity index (χ0n) is 17.5. The lowest BCUT2D eigenvalue weighted by atomic mass is 10.0. The van der Waals surface area contributed by atoms with Crippen molar-refractivity contribution in [2.75, 3.05) is 20.3 Å². The minimum atomic E-state index is -1.06. The number of amidine groups is 1. The molecule has 0 radical (unpaired) electrons. The van der Waals surface area contributed by atoms with Gasteiger partial charge in [-0.1, -0.05) is 17.7 Å². The molecule has 0 aliphatic rings. The van der Waals surface area contributed by atoms with E-state index < -0.39 is 11.6 Å². The fraction of sp³-hybridized carbons (Fsp3) is 0.524. The smallest absolute Gasteiger partial charge is 0.252 e. The van der Waals surface area contributed by atoms with Gasteiger partial charge in [0.2, 0.25) is 0 Å². The Morgan fingerprint density at radius 3 is 2.55 bits per heavy atom. The molecule has 8 heteroatoms. The Kier molecular flexibility index (Phi) is 9.83. The number of aliphatic imine (C=N–C) groups is 1. The Hall–Kier alpha value is -2.92. The fourth-order valence-corrected chi connectivity index (χ4v) is 2.28. The van der Waals surface area contributed by atoms with Crippen LogP contribution in [-0.4, -0.2) is 49.4 Å². The molecule has 0 saturated heterocycles. The van der Waals surface area contributed by atoms with Crippen molar-refractivity contribution in [1.29, 1.82) is 5.26 Å². The molecule has 0 bridgehead atoms. The monoisotopic (exact) mass is 402 g/mol. The van der Waals surface area contributed by atoms with Gasteiger partial charge in [0.1, 0.15) is 23.8 Å². The maximum atomic E-state index is 12.7.